The molecule has 1 aromatic heterocycles. The molecule has 2 rings (SSSR count). The zero-order valence-electron chi connectivity index (χ0n) is 11.6. The molecule has 0 bridgehead atoms. The van der Waals surface area contributed by atoms with E-state index in [4.69, 9.17) is 15.7 Å². The highest BCUT2D eigenvalue weighted by Gasteiger charge is 2.12. The van der Waals surface area contributed by atoms with Crippen LogP contribution in [-0.2, 0) is 6.54 Å². The second-order valence-corrected chi connectivity index (χ2v) is 4.48. The van der Waals surface area contributed by atoms with E-state index < -0.39 is 0 Å². The van der Waals surface area contributed by atoms with E-state index in [1.54, 1.807) is 12.3 Å². The minimum Gasteiger partial charge on any atom is -0.453 e. The van der Waals surface area contributed by atoms with Gasteiger partial charge in [0.2, 0.25) is 0 Å². The van der Waals surface area contributed by atoms with Gasteiger partial charge in [0.25, 0.3) is 0 Å². The highest BCUT2D eigenvalue weighted by Crippen LogP contribution is 2.28. The fourth-order valence-corrected chi connectivity index (χ4v) is 1.91. The Morgan fingerprint density at radius 1 is 1.50 bits per heavy atom. The summed E-state index contributed by atoms with van der Waals surface area (Å²) < 4.78 is 7.65. The summed E-state index contributed by atoms with van der Waals surface area (Å²) >= 11 is 0. The predicted molar refractivity (Wildman–Crippen MR) is 76.3 cm³/mol. The largest absolute Gasteiger partial charge is 0.453 e. The molecule has 3 N–H and O–H groups in total. The van der Waals surface area contributed by atoms with E-state index in [1.165, 1.54) is 0 Å². The molecule has 0 saturated carbocycles. The van der Waals surface area contributed by atoms with Gasteiger partial charge in [0, 0.05) is 6.54 Å². The monoisotopic (exact) mass is 274 g/mol. The van der Waals surface area contributed by atoms with Crippen molar-refractivity contribution in [3.05, 3.63) is 41.7 Å². The van der Waals surface area contributed by atoms with Crippen LogP contribution in [0.5, 0.6) is 11.5 Å². The number of hydrogen-bond donors (Lipinski definition) is 2. The number of aromatic nitrogens is 2. The van der Waals surface area contributed by atoms with Gasteiger partial charge in [-0.2, -0.15) is 5.10 Å². The van der Waals surface area contributed by atoms with Gasteiger partial charge in [-0.3, -0.25) is 4.68 Å². The Morgan fingerprint density at radius 2 is 2.30 bits per heavy atom. The van der Waals surface area contributed by atoms with Gasteiger partial charge in [0.15, 0.2) is 11.6 Å². The lowest BCUT2D eigenvalue weighted by Gasteiger charge is -2.11. The molecule has 0 radical (unpaired) electrons. The van der Waals surface area contributed by atoms with Gasteiger partial charge in [-0.1, -0.05) is 24.2 Å². The van der Waals surface area contributed by atoms with E-state index in [0.717, 1.165) is 18.5 Å². The Morgan fingerprint density at radius 3 is 3.00 bits per heavy atom. The van der Waals surface area contributed by atoms with Crippen LogP contribution in [0.15, 0.2) is 35.7 Å². The van der Waals surface area contributed by atoms with Crippen molar-refractivity contribution in [3.63, 3.8) is 0 Å². The van der Waals surface area contributed by atoms with E-state index >= 15 is 0 Å². The van der Waals surface area contributed by atoms with Crippen LogP contribution in [-0.4, -0.2) is 20.8 Å². The lowest BCUT2D eigenvalue weighted by atomic mass is 10.1. The van der Waals surface area contributed by atoms with Crippen LogP contribution in [0.3, 0.4) is 0 Å². The van der Waals surface area contributed by atoms with Gasteiger partial charge >= 0.3 is 0 Å². The van der Waals surface area contributed by atoms with Crippen molar-refractivity contribution >= 4 is 5.84 Å². The number of amidine groups is 1. The molecule has 0 spiro atoms. The smallest absolute Gasteiger partial charge is 0.173 e. The molecule has 1 heterocycles. The fraction of sp³-hybridized carbons (Fsp3) is 0.286. The van der Waals surface area contributed by atoms with Crippen molar-refractivity contribution in [3.8, 4) is 11.5 Å². The molecular weight excluding hydrogens is 256 g/mol. The predicted octanol–water partition coefficient (Wildman–Crippen LogP) is 2.49. The molecule has 6 nitrogen and oxygen atoms in total. The molecular formula is C14H18N4O2. The average Bonchev–Trinajstić information content (AvgIpc) is 2.88. The van der Waals surface area contributed by atoms with E-state index in [0.29, 0.717) is 17.1 Å². The standard InChI is InChI=1S/C14H18N4O2/c1-3-7-18-9-11(8-16-18)20-13-10(2)5-4-6-12(13)14(15)17-19/h4-6,8-9,19H,3,7H2,1-2H3,(H2,15,17). The summed E-state index contributed by atoms with van der Waals surface area (Å²) in [7, 11) is 0. The summed E-state index contributed by atoms with van der Waals surface area (Å²) in [5.41, 5.74) is 7.12. The Kier molecular flexibility index (Phi) is 4.24. The number of para-hydroxylation sites is 1. The molecule has 0 aliphatic rings. The third kappa shape index (κ3) is 2.90. The van der Waals surface area contributed by atoms with Crippen molar-refractivity contribution in [2.75, 3.05) is 0 Å². The molecule has 0 unspecified atom stereocenters. The van der Waals surface area contributed by atoms with E-state index in [-0.39, 0.29) is 5.84 Å². The Labute approximate surface area is 117 Å². The molecule has 106 valence electrons. The zero-order chi connectivity index (χ0) is 14.5. The maximum absolute atomic E-state index is 8.83. The quantitative estimate of drug-likeness (QED) is 0.379. The summed E-state index contributed by atoms with van der Waals surface area (Å²) in [6.45, 7) is 4.82. The summed E-state index contributed by atoms with van der Waals surface area (Å²) in [6, 6.07) is 5.48. The van der Waals surface area contributed by atoms with E-state index in [2.05, 4.69) is 17.2 Å². The maximum atomic E-state index is 8.83. The lowest BCUT2D eigenvalue weighted by Crippen LogP contribution is -2.14. The van der Waals surface area contributed by atoms with E-state index in [1.807, 2.05) is 29.9 Å². The normalized spacial score (nSPS) is 11.6. The first-order chi connectivity index (χ1) is 9.65. The van der Waals surface area contributed by atoms with Gasteiger partial charge in [-0.05, 0) is 25.0 Å². The summed E-state index contributed by atoms with van der Waals surface area (Å²) in [4.78, 5) is 0. The van der Waals surface area contributed by atoms with Gasteiger partial charge < -0.3 is 15.7 Å². The summed E-state index contributed by atoms with van der Waals surface area (Å²) in [5.74, 6) is 1.21. The zero-order valence-corrected chi connectivity index (χ0v) is 11.6. The molecule has 0 fully saturated rings. The van der Waals surface area contributed by atoms with Gasteiger partial charge in [-0.15, -0.1) is 0 Å². The molecule has 0 amide bonds. The third-order valence-corrected chi connectivity index (χ3v) is 2.88. The number of nitrogens with zero attached hydrogens (tertiary/aromatic N) is 3. The highest BCUT2D eigenvalue weighted by atomic mass is 16.5. The lowest BCUT2D eigenvalue weighted by molar-refractivity contribution is 0.318. The number of oxime groups is 1. The fourth-order valence-electron chi connectivity index (χ4n) is 1.91. The minimum atomic E-state index is 0.0182. The molecule has 2 aromatic rings. The number of aryl methyl sites for hydroxylation is 2. The topological polar surface area (TPSA) is 85.7 Å². The van der Waals surface area contributed by atoms with Crippen molar-refractivity contribution < 1.29 is 9.94 Å². The Hall–Kier alpha value is -2.50. The van der Waals surface area contributed by atoms with Crippen molar-refractivity contribution in [2.24, 2.45) is 10.9 Å². The summed E-state index contributed by atoms with van der Waals surface area (Å²) in [6.07, 6.45) is 4.48. The maximum Gasteiger partial charge on any atom is 0.173 e. The van der Waals surface area contributed by atoms with Crippen LogP contribution in [0.25, 0.3) is 0 Å². The number of rotatable bonds is 5. The molecule has 0 atom stereocenters. The Balaban J connectivity index is 2.32. The highest BCUT2D eigenvalue weighted by molar-refractivity contribution is 6.00. The number of benzene rings is 1. The first-order valence-corrected chi connectivity index (χ1v) is 6.43. The van der Waals surface area contributed by atoms with Crippen molar-refractivity contribution in [2.45, 2.75) is 26.8 Å². The van der Waals surface area contributed by atoms with Crippen LogP contribution in [0.4, 0.5) is 0 Å². The van der Waals surface area contributed by atoms with Crippen molar-refractivity contribution in [1.29, 1.82) is 0 Å². The van der Waals surface area contributed by atoms with Gasteiger partial charge in [0.05, 0.1) is 18.0 Å². The van der Waals surface area contributed by atoms with Gasteiger partial charge in [0.1, 0.15) is 5.75 Å². The first-order valence-electron chi connectivity index (χ1n) is 6.43. The second-order valence-electron chi connectivity index (χ2n) is 4.48. The number of nitrogens with two attached hydrogens (primary N) is 1. The van der Waals surface area contributed by atoms with Crippen LogP contribution < -0.4 is 10.5 Å². The summed E-state index contributed by atoms with van der Waals surface area (Å²) in [5, 5.41) is 16.1. The molecule has 0 saturated heterocycles. The van der Waals surface area contributed by atoms with Crippen LogP contribution in [0.2, 0.25) is 0 Å². The molecule has 1 aromatic carbocycles. The number of hydrogen-bond acceptors (Lipinski definition) is 4. The SMILES string of the molecule is CCCn1cc(Oc2c(C)cccc2/C(N)=N/O)cn1. The van der Waals surface area contributed by atoms with Gasteiger partial charge in [-0.25, -0.2) is 0 Å². The van der Waals surface area contributed by atoms with Crippen LogP contribution in [0, 0.1) is 6.92 Å². The minimum absolute atomic E-state index is 0.0182. The van der Waals surface area contributed by atoms with E-state index in [9.17, 15) is 0 Å². The Bertz CT molecular complexity index is 619. The third-order valence-electron chi connectivity index (χ3n) is 2.88. The van der Waals surface area contributed by atoms with Crippen LogP contribution in [0.1, 0.15) is 24.5 Å². The first kappa shape index (κ1) is 13.9. The molecule has 0 aliphatic heterocycles. The molecule has 6 heteroatoms. The number of ether oxygens (including phenoxy) is 1. The second kappa shape index (κ2) is 6.10. The molecule has 20 heavy (non-hydrogen) atoms. The molecule has 0 aliphatic carbocycles. The van der Waals surface area contributed by atoms with Crippen molar-refractivity contribution in [1.82, 2.24) is 9.78 Å². The van der Waals surface area contributed by atoms with Crippen LogP contribution >= 0.6 is 0 Å². The average molecular weight is 274 g/mol.